The van der Waals surface area contributed by atoms with Gasteiger partial charge in [0.1, 0.15) is 0 Å². The summed E-state index contributed by atoms with van der Waals surface area (Å²) in [5.41, 5.74) is 1.61. The zero-order valence-corrected chi connectivity index (χ0v) is 11.9. The fraction of sp³-hybridized carbons (Fsp3) is 0.533. The molecule has 0 bridgehead atoms. The van der Waals surface area contributed by atoms with Crippen molar-refractivity contribution in [1.82, 2.24) is 5.32 Å². The van der Waals surface area contributed by atoms with E-state index >= 15 is 0 Å². The first kappa shape index (κ1) is 15.7. The van der Waals surface area contributed by atoms with Crippen molar-refractivity contribution in [2.24, 2.45) is 0 Å². The molecule has 1 amide bonds. The molecular formula is C15H24N2O2. The number of anilines is 1. The molecule has 0 fully saturated rings. The van der Waals surface area contributed by atoms with Gasteiger partial charge in [-0.25, -0.2) is 0 Å². The summed E-state index contributed by atoms with van der Waals surface area (Å²) in [6.07, 6.45) is 0.975. The number of hydrogen-bond acceptors (Lipinski definition) is 3. The van der Waals surface area contributed by atoms with E-state index in [0.717, 1.165) is 17.7 Å². The number of nitrogens with one attached hydrogen (secondary N) is 2. The van der Waals surface area contributed by atoms with Gasteiger partial charge in [0.25, 0.3) is 0 Å². The topological polar surface area (TPSA) is 61.4 Å². The predicted molar refractivity (Wildman–Crippen MR) is 78.1 cm³/mol. The molecule has 0 radical (unpaired) electrons. The van der Waals surface area contributed by atoms with Crippen LogP contribution in [0.15, 0.2) is 24.3 Å². The Morgan fingerprint density at radius 1 is 1.26 bits per heavy atom. The standard InChI is InChI=1S/C15H24N2O2/c1-4-11(3)16-10-14(18)12-6-8-13(9-7-12)17-15(19)5-2/h6-9,11,14,16,18H,4-5,10H2,1-3H3,(H,17,19). The molecule has 0 heterocycles. The first-order chi connectivity index (χ1) is 9.06. The third kappa shape index (κ3) is 5.41. The van der Waals surface area contributed by atoms with Crippen LogP contribution in [0.5, 0.6) is 0 Å². The Morgan fingerprint density at radius 3 is 2.42 bits per heavy atom. The van der Waals surface area contributed by atoms with E-state index in [4.69, 9.17) is 0 Å². The predicted octanol–water partition coefficient (Wildman–Crippen LogP) is 2.46. The van der Waals surface area contributed by atoms with E-state index in [0.29, 0.717) is 19.0 Å². The number of benzene rings is 1. The Labute approximate surface area is 115 Å². The van der Waals surface area contributed by atoms with Crippen LogP contribution in [0.3, 0.4) is 0 Å². The van der Waals surface area contributed by atoms with Crippen LogP contribution in [-0.2, 0) is 4.79 Å². The SMILES string of the molecule is CCC(=O)Nc1ccc(C(O)CNC(C)CC)cc1. The quantitative estimate of drug-likeness (QED) is 0.709. The number of aliphatic hydroxyl groups is 1. The summed E-state index contributed by atoms with van der Waals surface area (Å²) in [7, 11) is 0. The summed E-state index contributed by atoms with van der Waals surface area (Å²) < 4.78 is 0. The molecular weight excluding hydrogens is 240 g/mol. The molecule has 0 spiro atoms. The number of rotatable bonds is 7. The van der Waals surface area contributed by atoms with Crippen molar-refractivity contribution < 1.29 is 9.90 Å². The second kappa shape index (κ2) is 7.92. The van der Waals surface area contributed by atoms with Crippen LogP contribution in [0.25, 0.3) is 0 Å². The molecule has 1 aromatic carbocycles. The minimum absolute atomic E-state index is 0.00765. The Kier molecular flexibility index (Phi) is 6.53. The van der Waals surface area contributed by atoms with E-state index in [2.05, 4.69) is 24.5 Å². The van der Waals surface area contributed by atoms with Crippen molar-refractivity contribution in [3.8, 4) is 0 Å². The Hall–Kier alpha value is -1.39. The lowest BCUT2D eigenvalue weighted by Crippen LogP contribution is -2.29. The van der Waals surface area contributed by atoms with Crippen LogP contribution >= 0.6 is 0 Å². The van der Waals surface area contributed by atoms with Gasteiger partial charge in [-0.3, -0.25) is 4.79 Å². The highest BCUT2D eigenvalue weighted by Gasteiger charge is 2.09. The molecule has 4 nitrogen and oxygen atoms in total. The minimum atomic E-state index is -0.523. The fourth-order valence-electron chi connectivity index (χ4n) is 1.61. The van der Waals surface area contributed by atoms with E-state index in [-0.39, 0.29) is 5.91 Å². The van der Waals surface area contributed by atoms with Gasteiger partial charge in [0.15, 0.2) is 0 Å². The van der Waals surface area contributed by atoms with Crippen molar-refractivity contribution in [2.45, 2.75) is 45.8 Å². The summed E-state index contributed by atoms with van der Waals surface area (Å²) in [5, 5.41) is 16.1. The molecule has 106 valence electrons. The second-order valence-electron chi connectivity index (χ2n) is 4.76. The number of amides is 1. The number of aliphatic hydroxyl groups excluding tert-OH is 1. The van der Waals surface area contributed by atoms with E-state index in [1.54, 1.807) is 0 Å². The maximum atomic E-state index is 11.2. The van der Waals surface area contributed by atoms with Crippen LogP contribution in [-0.4, -0.2) is 23.6 Å². The van der Waals surface area contributed by atoms with Gasteiger partial charge in [0, 0.05) is 24.7 Å². The fourth-order valence-corrected chi connectivity index (χ4v) is 1.61. The minimum Gasteiger partial charge on any atom is -0.387 e. The molecule has 0 saturated carbocycles. The summed E-state index contributed by atoms with van der Waals surface area (Å²) in [6, 6.07) is 7.71. The van der Waals surface area contributed by atoms with Gasteiger partial charge in [-0.2, -0.15) is 0 Å². The molecule has 3 N–H and O–H groups in total. The summed E-state index contributed by atoms with van der Waals surface area (Å²) in [5.74, 6) is -0.00765. The smallest absolute Gasteiger partial charge is 0.224 e. The molecule has 2 atom stereocenters. The monoisotopic (exact) mass is 264 g/mol. The van der Waals surface area contributed by atoms with Gasteiger partial charge in [-0.1, -0.05) is 26.0 Å². The van der Waals surface area contributed by atoms with Crippen molar-refractivity contribution in [3.05, 3.63) is 29.8 Å². The highest BCUT2D eigenvalue weighted by molar-refractivity contribution is 5.90. The average molecular weight is 264 g/mol. The molecule has 0 saturated heterocycles. The lowest BCUT2D eigenvalue weighted by Gasteiger charge is -2.16. The summed E-state index contributed by atoms with van der Waals surface area (Å²) in [6.45, 7) is 6.55. The zero-order valence-electron chi connectivity index (χ0n) is 11.9. The number of carbonyl (C=O) groups excluding carboxylic acids is 1. The molecule has 1 rings (SSSR count). The van der Waals surface area contributed by atoms with Crippen LogP contribution < -0.4 is 10.6 Å². The van der Waals surface area contributed by atoms with Gasteiger partial charge < -0.3 is 15.7 Å². The van der Waals surface area contributed by atoms with Gasteiger partial charge in [0.2, 0.25) is 5.91 Å². The Balaban J connectivity index is 2.53. The maximum Gasteiger partial charge on any atom is 0.224 e. The molecule has 1 aromatic rings. The van der Waals surface area contributed by atoms with Crippen LogP contribution in [0.2, 0.25) is 0 Å². The first-order valence-electron chi connectivity index (χ1n) is 6.88. The Bertz CT molecular complexity index is 390. The second-order valence-corrected chi connectivity index (χ2v) is 4.76. The normalized spacial score (nSPS) is 13.9. The van der Waals surface area contributed by atoms with Gasteiger partial charge in [-0.15, -0.1) is 0 Å². The largest absolute Gasteiger partial charge is 0.387 e. The van der Waals surface area contributed by atoms with Gasteiger partial charge >= 0.3 is 0 Å². The summed E-state index contributed by atoms with van der Waals surface area (Å²) in [4.78, 5) is 11.2. The Morgan fingerprint density at radius 2 is 1.89 bits per heavy atom. The molecule has 2 unspecified atom stereocenters. The van der Waals surface area contributed by atoms with Crippen molar-refractivity contribution in [2.75, 3.05) is 11.9 Å². The average Bonchev–Trinajstić information content (AvgIpc) is 2.44. The number of carbonyl (C=O) groups is 1. The third-order valence-corrected chi connectivity index (χ3v) is 3.17. The molecule has 0 aliphatic carbocycles. The van der Waals surface area contributed by atoms with E-state index in [1.807, 2.05) is 31.2 Å². The van der Waals surface area contributed by atoms with Gasteiger partial charge in [0.05, 0.1) is 6.10 Å². The molecule has 0 aliphatic heterocycles. The van der Waals surface area contributed by atoms with E-state index < -0.39 is 6.10 Å². The molecule has 0 aliphatic rings. The first-order valence-corrected chi connectivity index (χ1v) is 6.88. The third-order valence-electron chi connectivity index (χ3n) is 3.17. The van der Waals surface area contributed by atoms with Crippen LogP contribution in [0, 0.1) is 0 Å². The lowest BCUT2D eigenvalue weighted by molar-refractivity contribution is -0.115. The maximum absolute atomic E-state index is 11.2. The summed E-state index contributed by atoms with van der Waals surface area (Å²) >= 11 is 0. The van der Waals surface area contributed by atoms with Crippen molar-refractivity contribution in [3.63, 3.8) is 0 Å². The zero-order chi connectivity index (χ0) is 14.3. The molecule has 4 heteroatoms. The molecule has 19 heavy (non-hydrogen) atoms. The molecule has 0 aromatic heterocycles. The van der Waals surface area contributed by atoms with Crippen molar-refractivity contribution in [1.29, 1.82) is 0 Å². The van der Waals surface area contributed by atoms with E-state index in [1.165, 1.54) is 0 Å². The van der Waals surface area contributed by atoms with Crippen LogP contribution in [0.1, 0.15) is 45.3 Å². The van der Waals surface area contributed by atoms with Gasteiger partial charge in [-0.05, 0) is 31.0 Å². The lowest BCUT2D eigenvalue weighted by atomic mass is 10.1. The van der Waals surface area contributed by atoms with E-state index in [9.17, 15) is 9.90 Å². The van der Waals surface area contributed by atoms with Crippen molar-refractivity contribution >= 4 is 11.6 Å². The highest BCUT2D eigenvalue weighted by Crippen LogP contribution is 2.16. The number of hydrogen-bond donors (Lipinski definition) is 3. The highest BCUT2D eigenvalue weighted by atomic mass is 16.3. The van der Waals surface area contributed by atoms with Crippen LogP contribution in [0.4, 0.5) is 5.69 Å².